The summed E-state index contributed by atoms with van der Waals surface area (Å²) in [6.07, 6.45) is 0.889. The molecule has 28 heavy (non-hydrogen) atoms. The van der Waals surface area contributed by atoms with Gasteiger partial charge in [0.05, 0.1) is 12.1 Å². The second-order valence-electron chi connectivity index (χ2n) is 6.05. The van der Waals surface area contributed by atoms with Crippen LogP contribution in [0.1, 0.15) is 11.1 Å². The number of aliphatic imine (C=N–C) groups is 1. The molecule has 8 heteroatoms. The summed E-state index contributed by atoms with van der Waals surface area (Å²) in [6.45, 7) is 2.41. The van der Waals surface area contributed by atoms with Crippen LogP contribution in [0, 0.1) is 0 Å². The van der Waals surface area contributed by atoms with E-state index in [0.717, 1.165) is 30.2 Å². The fourth-order valence-electron chi connectivity index (χ4n) is 2.79. The number of nitrogens with zero attached hydrogens (tertiary/aromatic N) is 1. The lowest BCUT2D eigenvalue weighted by molar-refractivity contribution is 0.171. The summed E-state index contributed by atoms with van der Waals surface area (Å²) in [6, 6.07) is 11.9. The highest BCUT2D eigenvalue weighted by Crippen LogP contribution is 2.38. The fourth-order valence-corrected chi connectivity index (χ4v) is 3.08. The second kappa shape index (κ2) is 11.2. The van der Waals surface area contributed by atoms with Crippen molar-refractivity contribution in [1.29, 1.82) is 0 Å². The summed E-state index contributed by atoms with van der Waals surface area (Å²) in [5.74, 6) is 2.90. The number of ether oxygens (including phenoxy) is 3. The molecular weight excluding hydrogens is 493 g/mol. The lowest BCUT2D eigenvalue weighted by atomic mass is 10.1. The standard InChI is InChI=1S/C20H24ClN3O3.HI/c1-22-20(23-8-7-14-3-5-16(25-2)6-4-14)24-13-15-11-17(21)19-18(12-15)26-9-10-27-19;/h3-6,11-12H,7-10,13H2,1-2H3,(H2,22,23,24);1H. The molecule has 0 atom stereocenters. The van der Waals surface area contributed by atoms with Gasteiger partial charge in [-0.3, -0.25) is 4.99 Å². The quantitative estimate of drug-likeness (QED) is 0.348. The van der Waals surface area contributed by atoms with Crippen LogP contribution in [0.5, 0.6) is 17.2 Å². The highest BCUT2D eigenvalue weighted by molar-refractivity contribution is 14.0. The van der Waals surface area contributed by atoms with E-state index in [9.17, 15) is 0 Å². The van der Waals surface area contributed by atoms with Gasteiger partial charge in [-0.15, -0.1) is 24.0 Å². The number of hydrogen-bond donors (Lipinski definition) is 2. The third-order valence-corrected chi connectivity index (χ3v) is 4.49. The van der Waals surface area contributed by atoms with Crippen molar-refractivity contribution >= 4 is 41.5 Å². The van der Waals surface area contributed by atoms with Gasteiger partial charge in [-0.2, -0.15) is 0 Å². The maximum Gasteiger partial charge on any atom is 0.191 e. The van der Waals surface area contributed by atoms with Gasteiger partial charge in [0.15, 0.2) is 17.5 Å². The van der Waals surface area contributed by atoms with E-state index in [4.69, 9.17) is 25.8 Å². The first-order chi connectivity index (χ1) is 13.2. The molecular formula is C20H25ClIN3O3. The zero-order valence-electron chi connectivity index (χ0n) is 16.0. The molecule has 3 rings (SSSR count). The molecule has 2 aromatic rings. The Kier molecular flexibility index (Phi) is 8.98. The van der Waals surface area contributed by atoms with Crippen molar-refractivity contribution in [2.45, 2.75) is 13.0 Å². The minimum atomic E-state index is 0. The summed E-state index contributed by atoms with van der Waals surface area (Å²) >= 11 is 6.28. The Hall–Kier alpha value is -1.87. The summed E-state index contributed by atoms with van der Waals surface area (Å²) in [4.78, 5) is 4.26. The van der Waals surface area contributed by atoms with Crippen molar-refractivity contribution < 1.29 is 14.2 Å². The van der Waals surface area contributed by atoms with Gasteiger partial charge in [0.1, 0.15) is 19.0 Å². The Morgan fingerprint density at radius 1 is 1.11 bits per heavy atom. The maximum absolute atomic E-state index is 6.28. The van der Waals surface area contributed by atoms with Gasteiger partial charge in [0.2, 0.25) is 0 Å². The van der Waals surface area contributed by atoms with Crippen molar-refractivity contribution in [3.63, 3.8) is 0 Å². The molecule has 0 aromatic heterocycles. The Bertz CT molecular complexity index is 800. The van der Waals surface area contributed by atoms with Crippen LogP contribution in [0.3, 0.4) is 0 Å². The van der Waals surface area contributed by atoms with Crippen molar-refractivity contribution in [3.8, 4) is 17.2 Å². The lowest BCUT2D eigenvalue weighted by Crippen LogP contribution is -2.37. The SMILES string of the molecule is CN=C(NCCc1ccc(OC)cc1)NCc1cc(Cl)c2c(c1)OCCO2.I. The average molecular weight is 518 g/mol. The first-order valence-electron chi connectivity index (χ1n) is 8.85. The molecule has 0 fully saturated rings. The van der Waals surface area contributed by atoms with Crippen LogP contribution in [0.15, 0.2) is 41.4 Å². The average Bonchev–Trinajstić information content (AvgIpc) is 2.71. The highest BCUT2D eigenvalue weighted by Gasteiger charge is 2.16. The molecule has 1 aliphatic rings. The number of hydrogen-bond acceptors (Lipinski definition) is 4. The third kappa shape index (κ3) is 6.07. The monoisotopic (exact) mass is 517 g/mol. The molecule has 0 saturated carbocycles. The lowest BCUT2D eigenvalue weighted by Gasteiger charge is -2.20. The van der Waals surface area contributed by atoms with Gasteiger partial charge in [-0.25, -0.2) is 0 Å². The number of nitrogens with one attached hydrogen (secondary N) is 2. The smallest absolute Gasteiger partial charge is 0.191 e. The normalized spacial score (nSPS) is 12.8. The predicted octanol–water partition coefficient (Wildman–Crippen LogP) is 3.65. The number of fused-ring (bicyclic) bond motifs is 1. The van der Waals surface area contributed by atoms with E-state index < -0.39 is 0 Å². The molecule has 0 radical (unpaired) electrons. The first-order valence-corrected chi connectivity index (χ1v) is 9.23. The zero-order chi connectivity index (χ0) is 19.1. The topological polar surface area (TPSA) is 64.1 Å². The third-order valence-electron chi connectivity index (χ3n) is 4.21. The van der Waals surface area contributed by atoms with Gasteiger partial charge in [0.25, 0.3) is 0 Å². The fraction of sp³-hybridized carbons (Fsp3) is 0.350. The molecule has 6 nitrogen and oxygen atoms in total. The number of rotatable bonds is 6. The Morgan fingerprint density at radius 2 is 1.86 bits per heavy atom. The van der Waals surface area contributed by atoms with Crippen LogP contribution in [0.4, 0.5) is 0 Å². The summed E-state index contributed by atoms with van der Waals surface area (Å²) in [7, 11) is 3.42. The van der Waals surface area contributed by atoms with Crippen LogP contribution >= 0.6 is 35.6 Å². The first kappa shape index (κ1) is 22.4. The Balaban J connectivity index is 0.00000280. The van der Waals surface area contributed by atoms with E-state index in [0.29, 0.717) is 36.3 Å². The molecule has 0 amide bonds. The molecule has 1 heterocycles. The highest BCUT2D eigenvalue weighted by atomic mass is 127. The number of guanidine groups is 1. The summed E-state index contributed by atoms with van der Waals surface area (Å²) in [5, 5.41) is 7.16. The van der Waals surface area contributed by atoms with Crippen LogP contribution < -0.4 is 24.8 Å². The molecule has 0 spiro atoms. The van der Waals surface area contributed by atoms with E-state index in [-0.39, 0.29) is 24.0 Å². The molecule has 0 unspecified atom stereocenters. The van der Waals surface area contributed by atoms with Crippen LogP contribution in [0.2, 0.25) is 5.02 Å². The molecule has 2 N–H and O–H groups in total. The minimum absolute atomic E-state index is 0. The van der Waals surface area contributed by atoms with E-state index >= 15 is 0 Å². The molecule has 152 valence electrons. The van der Waals surface area contributed by atoms with E-state index in [2.05, 4.69) is 27.8 Å². The van der Waals surface area contributed by atoms with Crippen LogP contribution in [-0.2, 0) is 13.0 Å². The van der Waals surface area contributed by atoms with Gasteiger partial charge in [0, 0.05) is 20.1 Å². The molecule has 0 saturated heterocycles. The van der Waals surface area contributed by atoms with Gasteiger partial charge in [-0.05, 0) is 41.8 Å². The molecule has 0 aliphatic carbocycles. The molecule has 1 aliphatic heterocycles. The van der Waals surface area contributed by atoms with Crippen molar-refractivity contribution in [1.82, 2.24) is 10.6 Å². The van der Waals surface area contributed by atoms with Crippen molar-refractivity contribution in [2.75, 3.05) is 33.9 Å². The zero-order valence-corrected chi connectivity index (χ0v) is 19.0. The van der Waals surface area contributed by atoms with Crippen LogP contribution in [0.25, 0.3) is 0 Å². The number of benzene rings is 2. The number of methoxy groups -OCH3 is 1. The minimum Gasteiger partial charge on any atom is -0.497 e. The maximum atomic E-state index is 6.28. The largest absolute Gasteiger partial charge is 0.497 e. The van der Waals surface area contributed by atoms with Gasteiger partial charge in [-0.1, -0.05) is 23.7 Å². The Morgan fingerprint density at radius 3 is 2.57 bits per heavy atom. The van der Waals surface area contributed by atoms with E-state index in [1.807, 2.05) is 24.3 Å². The van der Waals surface area contributed by atoms with E-state index in [1.54, 1.807) is 14.2 Å². The molecule has 2 aromatic carbocycles. The van der Waals surface area contributed by atoms with Gasteiger partial charge < -0.3 is 24.8 Å². The predicted molar refractivity (Wildman–Crippen MR) is 123 cm³/mol. The molecule has 0 bridgehead atoms. The van der Waals surface area contributed by atoms with Crippen LogP contribution in [-0.4, -0.2) is 39.9 Å². The van der Waals surface area contributed by atoms with Gasteiger partial charge >= 0.3 is 0 Å². The van der Waals surface area contributed by atoms with Crippen molar-refractivity contribution in [3.05, 3.63) is 52.5 Å². The Labute approximate surface area is 187 Å². The number of halogens is 2. The summed E-state index contributed by atoms with van der Waals surface area (Å²) < 4.78 is 16.3. The second-order valence-corrected chi connectivity index (χ2v) is 6.46. The van der Waals surface area contributed by atoms with Crippen molar-refractivity contribution in [2.24, 2.45) is 4.99 Å². The van der Waals surface area contributed by atoms with E-state index in [1.165, 1.54) is 5.56 Å². The summed E-state index contributed by atoms with van der Waals surface area (Å²) in [5.41, 5.74) is 2.24.